The average molecular weight is 539 g/mol. The summed E-state index contributed by atoms with van der Waals surface area (Å²) < 4.78 is 33.7. The standard InChI is InChI=1S/C21H15BrClF2N5O3/c1-33-16-5-9(12(23)6-11(16)22)18-10-7-30(8-15(10)27-20(26)28-18)21(32)29-19(31)17-13(24)3-2-4-14(17)25/h2-6H,7-8H2,1H3,(H2,26,27,28)(H,29,31,32). The predicted molar refractivity (Wildman–Crippen MR) is 120 cm³/mol. The van der Waals surface area contributed by atoms with Crippen molar-refractivity contribution in [2.45, 2.75) is 13.1 Å². The molecule has 0 spiro atoms. The van der Waals surface area contributed by atoms with Crippen LogP contribution in [0.2, 0.25) is 5.02 Å². The van der Waals surface area contributed by atoms with E-state index in [1.165, 1.54) is 12.0 Å². The maximum absolute atomic E-state index is 13.9. The average Bonchev–Trinajstić information content (AvgIpc) is 3.17. The molecule has 0 saturated carbocycles. The van der Waals surface area contributed by atoms with Gasteiger partial charge in [0.05, 0.1) is 41.1 Å². The number of hydrogen-bond donors (Lipinski definition) is 2. The van der Waals surface area contributed by atoms with Gasteiger partial charge in [0.1, 0.15) is 22.9 Å². The number of amides is 3. The molecule has 0 fully saturated rings. The van der Waals surface area contributed by atoms with E-state index < -0.39 is 29.1 Å². The number of nitrogen functional groups attached to an aromatic ring is 1. The molecule has 3 amide bonds. The third-order valence-corrected chi connectivity index (χ3v) is 5.93. The van der Waals surface area contributed by atoms with Gasteiger partial charge in [-0.15, -0.1) is 0 Å². The lowest BCUT2D eigenvalue weighted by Gasteiger charge is -2.16. The molecular formula is C21H15BrClF2N5O3. The summed E-state index contributed by atoms with van der Waals surface area (Å²) in [5, 5.41) is 2.36. The van der Waals surface area contributed by atoms with Gasteiger partial charge >= 0.3 is 6.03 Å². The molecule has 4 rings (SSSR count). The molecule has 0 bridgehead atoms. The van der Waals surface area contributed by atoms with E-state index in [1.807, 2.05) is 5.32 Å². The molecule has 0 aliphatic carbocycles. The molecule has 170 valence electrons. The number of nitrogens with one attached hydrogen (secondary N) is 1. The monoisotopic (exact) mass is 537 g/mol. The first-order valence-electron chi connectivity index (χ1n) is 9.42. The topological polar surface area (TPSA) is 110 Å². The second-order valence-electron chi connectivity index (χ2n) is 7.03. The molecule has 3 N–H and O–H groups in total. The lowest BCUT2D eigenvalue weighted by molar-refractivity contribution is 0.0943. The molecule has 0 unspecified atom stereocenters. The van der Waals surface area contributed by atoms with E-state index >= 15 is 0 Å². The van der Waals surface area contributed by atoms with Crippen molar-refractivity contribution in [1.29, 1.82) is 0 Å². The van der Waals surface area contributed by atoms with Gasteiger partial charge in [-0.3, -0.25) is 10.1 Å². The SMILES string of the molecule is COc1cc(-c2nc(N)nc3c2CN(C(=O)NC(=O)c2c(F)cccc2F)C3)c(Cl)cc1Br. The van der Waals surface area contributed by atoms with Crippen LogP contribution in [0.25, 0.3) is 11.3 Å². The molecule has 12 heteroatoms. The van der Waals surface area contributed by atoms with Gasteiger partial charge < -0.3 is 15.4 Å². The summed E-state index contributed by atoms with van der Waals surface area (Å²) in [5.74, 6) is -2.88. The van der Waals surface area contributed by atoms with Gasteiger partial charge in [0.2, 0.25) is 5.95 Å². The van der Waals surface area contributed by atoms with Crippen LogP contribution in [0.3, 0.4) is 0 Å². The van der Waals surface area contributed by atoms with Gasteiger partial charge in [-0.1, -0.05) is 17.7 Å². The van der Waals surface area contributed by atoms with Crippen molar-refractivity contribution in [3.63, 3.8) is 0 Å². The molecule has 3 aromatic rings. The number of methoxy groups -OCH3 is 1. The Morgan fingerprint density at radius 1 is 1.21 bits per heavy atom. The predicted octanol–water partition coefficient (Wildman–Crippen LogP) is 4.29. The van der Waals surface area contributed by atoms with Crippen LogP contribution in [0, 0.1) is 11.6 Å². The summed E-state index contributed by atoms with van der Waals surface area (Å²) >= 11 is 9.78. The highest BCUT2D eigenvalue weighted by Crippen LogP contribution is 2.39. The minimum atomic E-state index is -1.20. The fraction of sp³-hybridized carbons (Fsp3) is 0.143. The van der Waals surface area contributed by atoms with E-state index in [-0.39, 0.29) is 19.0 Å². The Hall–Kier alpha value is -3.31. The number of halogens is 4. The Balaban J connectivity index is 1.63. The highest BCUT2D eigenvalue weighted by Gasteiger charge is 2.31. The van der Waals surface area contributed by atoms with Crippen molar-refractivity contribution >= 4 is 45.4 Å². The van der Waals surface area contributed by atoms with E-state index in [2.05, 4.69) is 25.9 Å². The van der Waals surface area contributed by atoms with Crippen molar-refractivity contribution in [2.24, 2.45) is 0 Å². The Bertz CT molecular complexity index is 1290. The highest BCUT2D eigenvalue weighted by molar-refractivity contribution is 9.10. The summed E-state index contributed by atoms with van der Waals surface area (Å²) in [5.41, 5.74) is 6.95. The number of nitrogens with zero attached hydrogens (tertiary/aromatic N) is 3. The summed E-state index contributed by atoms with van der Waals surface area (Å²) in [4.78, 5) is 34.7. The number of imide groups is 1. The van der Waals surface area contributed by atoms with Gasteiger partial charge in [0, 0.05) is 11.1 Å². The zero-order valence-corrected chi connectivity index (χ0v) is 19.3. The number of ether oxygens (including phenoxy) is 1. The highest BCUT2D eigenvalue weighted by atomic mass is 79.9. The summed E-state index contributed by atoms with van der Waals surface area (Å²) in [6.45, 7) is 0.0116. The van der Waals surface area contributed by atoms with Crippen LogP contribution >= 0.6 is 27.5 Å². The first-order valence-corrected chi connectivity index (χ1v) is 10.6. The van der Waals surface area contributed by atoms with Crippen molar-refractivity contribution in [3.05, 3.63) is 68.3 Å². The largest absolute Gasteiger partial charge is 0.496 e. The molecule has 0 atom stereocenters. The first kappa shape index (κ1) is 22.9. The fourth-order valence-corrected chi connectivity index (χ4v) is 4.35. The smallest absolute Gasteiger partial charge is 0.324 e. The van der Waals surface area contributed by atoms with E-state index in [4.69, 9.17) is 22.1 Å². The number of hydrogen-bond acceptors (Lipinski definition) is 6. The normalized spacial score (nSPS) is 12.5. The Labute approximate surface area is 199 Å². The molecule has 2 aromatic carbocycles. The molecule has 0 saturated heterocycles. The minimum absolute atomic E-state index is 0.000791. The molecule has 2 heterocycles. The Kier molecular flexibility index (Phi) is 6.17. The van der Waals surface area contributed by atoms with Crippen molar-refractivity contribution in [3.8, 4) is 17.0 Å². The summed E-state index contributed by atoms with van der Waals surface area (Å²) in [6, 6.07) is 5.42. The molecule has 1 aliphatic rings. The van der Waals surface area contributed by atoms with Crippen molar-refractivity contribution in [2.75, 3.05) is 12.8 Å². The zero-order valence-electron chi connectivity index (χ0n) is 17.0. The number of nitrogens with two attached hydrogens (primary N) is 1. The molecule has 8 nitrogen and oxygen atoms in total. The van der Waals surface area contributed by atoms with Crippen molar-refractivity contribution < 1.29 is 23.1 Å². The third-order valence-electron chi connectivity index (χ3n) is 4.99. The minimum Gasteiger partial charge on any atom is -0.496 e. The second-order valence-corrected chi connectivity index (χ2v) is 8.30. The van der Waals surface area contributed by atoms with Gasteiger partial charge in [-0.2, -0.15) is 0 Å². The fourth-order valence-electron chi connectivity index (χ4n) is 3.46. The van der Waals surface area contributed by atoms with Gasteiger partial charge in [0.25, 0.3) is 5.91 Å². The van der Waals surface area contributed by atoms with Crippen LogP contribution in [0.15, 0.2) is 34.8 Å². The van der Waals surface area contributed by atoms with Crippen LogP contribution in [-0.4, -0.2) is 33.9 Å². The molecular weight excluding hydrogens is 524 g/mol. The maximum Gasteiger partial charge on any atom is 0.324 e. The Morgan fingerprint density at radius 2 is 1.91 bits per heavy atom. The number of rotatable bonds is 3. The summed E-state index contributed by atoms with van der Waals surface area (Å²) in [6.07, 6.45) is 0. The molecule has 1 aromatic heterocycles. The van der Waals surface area contributed by atoms with Crippen molar-refractivity contribution in [1.82, 2.24) is 20.2 Å². The van der Waals surface area contributed by atoms with Crippen LogP contribution in [-0.2, 0) is 13.1 Å². The lowest BCUT2D eigenvalue weighted by Crippen LogP contribution is -2.40. The van der Waals surface area contributed by atoms with Gasteiger partial charge in [-0.05, 0) is 40.2 Å². The zero-order chi connectivity index (χ0) is 23.9. The number of carbonyl (C=O) groups excluding carboxylic acids is 2. The van der Waals surface area contributed by atoms with Crippen LogP contribution < -0.4 is 15.8 Å². The maximum atomic E-state index is 13.9. The summed E-state index contributed by atoms with van der Waals surface area (Å²) in [7, 11) is 1.50. The lowest BCUT2D eigenvalue weighted by atomic mass is 10.1. The van der Waals surface area contributed by atoms with Crippen LogP contribution in [0.1, 0.15) is 21.6 Å². The number of anilines is 1. The van der Waals surface area contributed by atoms with E-state index in [0.29, 0.717) is 37.8 Å². The molecule has 33 heavy (non-hydrogen) atoms. The quantitative estimate of drug-likeness (QED) is 0.515. The Morgan fingerprint density at radius 3 is 2.58 bits per heavy atom. The van der Waals surface area contributed by atoms with Gasteiger partial charge in [0.15, 0.2) is 0 Å². The number of benzene rings is 2. The van der Waals surface area contributed by atoms with E-state index in [9.17, 15) is 18.4 Å². The van der Waals surface area contributed by atoms with Gasteiger partial charge in [-0.25, -0.2) is 23.5 Å². The third kappa shape index (κ3) is 4.33. The first-order chi connectivity index (χ1) is 15.7. The van der Waals surface area contributed by atoms with E-state index in [0.717, 1.165) is 18.2 Å². The number of fused-ring (bicyclic) bond motifs is 1. The number of aromatic nitrogens is 2. The van der Waals surface area contributed by atoms with Crippen LogP contribution in [0.5, 0.6) is 5.75 Å². The molecule has 0 radical (unpaired) electrons. The van der Waals surface area contributed by atoms with Crippen LogP contribution in [0.4, 0.5) is 19.5 Å². The number of urea groups is 1. The molecule has 1 aliphatic heterocycles. The number of carbonyl (C=O) groups is 2. The van der Waals surface area contributed by atoms with E-state index in [1.54, 1.807) is 12.1 Å². The second kappa shape index (κ2) is 8.91.